The van der Waals surface area contributed by atoms with Crippen molar-refractivity contribution in [2.75, 3.05) is 0 Å². The van der Waals surface area contributed by atoms with E-state index in [1.54, 1.807) is 12.5 Å². The van der Waals surface area contributed by atoms with Crippen molar-refractivity contribution in [3.63, 3.8) is 0 Å². The minimum Gasteiger partial charge on any atom is -0.480 e. The Hall–Kier alpha value is -2.53. The molecule has 5 nitrogen and oxygen atoms in total. The van der Waals surface area contributed by atoms with E-state index in [1.807, 2.05) is 30.3 Å². The van der Waals surface area contributed by atoms with E-state index in [4.69, 9.17) is 4.42 Å². The smallest absolute Gasteiger partial charge is 0.321 e. The number of hydrogen-bond acceptors (Lipinski definition) is 3. The van der Waals surface area contributed by atoms with E-state index in [2.05, 4.69) is 10.3 Å². The van der Waals surface area contributed by atoms with Crippen LogP contribution in [0.2, 0.25) is 0 Å². The molecular weight excluding hydrogens is 268 g/mol. The number of aromatic nitrogens is 1. The Balaban J connectivity index is 1.92. The van der Waals surface area contributed by atoms with Crippen LogP contribution in [0.4, 0.5) is 0 Å². The average Bonchev–Trinajstić information content (AvgIpc) is 3.13. The fourth-order valence-corrected chi connectivity index (χ4v) is 3.10. The molecule has 0 bridgehead atoms. The molecule has 2 unspecified atom stereocenters. The molecule has 21 heavy (non-hydrogen) atoms. The quantitative estimate of drug-likeness (QED) is 0.674. The van der Waals surface area contributed by atoms with E-state index in [0.717, 1.165) is 27.7 Å². The van der Waals surface area contributed by atoms with Gasteiger partial charge in [0.2, 0.25) is 0 Å². The number of aromatic amines is 1. The van der Waals surface area contributed by atoms with Crippen LogP contribution < -0.4 is 5.32 Å². The summed E-state index contributed by atoms with van der Waals surface area (Å²) in [6, 6.07) is 9.05. The van der Waals surface area contributed by atoms with E-state index in [1.165, 1.54) is 0 Å². The summed E-state index contributed by atoms with van der Waals surface area (Å²) in [5.41, 5.74) is 4.05. The molecule has 3 N–H and O–H groups in total. The van der Waals surface area contributed by atoms with E-state index in [9.17, 15) is 9.90 Å². The highest BCUT2D eigenvalue weighted by Crippen LogP contribution is 2.35. The first-order chi connectivity index (χ1) is 10.2. The lowest BCUT2D eigenvalue weighted by Crippen LogP contribution is -2.44. The van der Waals surface area contributed by atoms with Crippen molar-refractivity contribution >= 4 is 16.9 Å². The van der Waals surface area contributed by atoms with Crippen molar-refractivity contribution in [2.45, 2.75) is 18.5 Å². The van der Waals surface area contributed by atoms with Crippen molar-refractivity contribution in [2.24, 2.45) is 0 Å². The lowest BCUT2D eigenvalue weighted by molar-refractivity contribution is -0.139. The number of hydrogen-bond donors (Lipinski definition) is 3. The minimum absolute atomic E-state index is 0.194. The molecule has 2 atom stereocenters. The third-order valence-corrected chi connectivity index (χ3v) is 4.09. The number of carboxylic acids is 1. The molecule has 2 aromatic heterocycles. The molecule has 0 fully saturated rings. The van der Waals surface area contributed by atoms with Crippen LogP contribution in [-0.2, 0) is 11.2 Å². The van der Waals surface area contributed by atoms with Crippen LogP contribution in [0.1, 0.15) is 22.9 Å². The van der Waals surface area contributed by atoms with Crippen LogP contribution in [0.3, 0.4) is 0 Å². The summed E-state index contributed by atoms with van der Waals surface area (Å²) >= 11 is 0. The second-order valence-electron chi connectivity index (χ2n) is 5.31. The van der Waals surface area contributed by atoms with Gasteiger partial charge in [-0.2, -0.15) is 0 Å². The SMILES string of the molecule is O=C(O)C1Cc2c([nH]c3ccccc23)C(c2ccoc2)N1. The summed E-state index contributed by atoms with van der Waals surface area (Å²) in [7, 11) is 0. The Kier molecular flexibility index (Phi) is 2.62. The fraction of sp³-hybridized carbons (Fsp3) is 0.188. The number of carbonyl (C=O) groups is 1. The number of fused-ring (bicyclic) bond motifs is 3. The standard InChI is InChI=1S/C16H14N2O3/c19-16(20)13-7-11-10-3-1-2-4-12(10)17-15(11)14(18-13)9-5-6-21-8-9/h1-6,8,13-14,17-18H,7H2,(H,19,20). The van der Waals surface area contributed by atoms with Crippen LogP contribution in [0, 0.1) is 0 Å². The third kappa shape index (κ3) is 1.86. The van der Waals surface area contributed by atoms with E-state index in [-0.39, 0.29) is 6.04 Å². The van der Waals surface area contributed by atoms with Crippen LogP contribution in [-0.4, -0.2) is 22.1 Å². The number of aliphatic carboxylic acids is 1. The highest BCUT2D eigenvalue weighted by atomic mass is 16.4. The zero-order valence-electron chi connectivity index (χ0n) is 11.2. The Bertz CT molecular complexity index is 804. The van der Waals surface area contributed by atoms with Crippen LogP contribution in [0.15, 0.2) is 47.3 Å². The molecule has 106 valence electrons. The zero-order valence-corrected chi connectivity index (χ0v) is 11.2. The maximum Gasteiger partial charge on any atom is 0.321 e. The lowest BCUT2D eigenvalue weighted by Gasteiger charge is -2.28. The minimum atomic E-state index is -0.834. The molecule has 5 heteroatoms. The molecule has 0 spiro atoms. The molecule has 0 radical (unpaired) electrons. The monoisotopic (exact) mass is 282 g/mol. The number of H-pyrrole nitrogens is 1. The number of para-hydroxylation sites is 1. The summed E-state index contributed by atoms with van der Waals surface area (Å²) in [5, 5.41) is 13.7. The molecule has 1 aliphatic rings. The van der Waals surface area contributed by atoms with Gasteiger partial charge in [-0.25, -0.2) is 0 Å². The second kappa shape index (κ2) is 4.49. The molecule has 1 aliphatic heterocycles. The Morgan fingerprint density at radius 3 is 2.90 bits per heavy atom. The maximum atomic E-state index is 11.4. The van der Waals surface area contributed by atoms with E-state index < -0.39 is 12.0 Å². The predicted octanol–water partition coefficient (Wildman–Crippen LogP) is 2.45. The Morgan fingerprint density at radius 2 is 2.14 bits per heavy atom. The van der Waals surface area contributed by atoms with E-state index >= 15 is 0 Å². The van der Waals surface area contributed by atoms with Gasteiger partial charge in [0, 0.05) is 28.6 Å². The lowest BCUT2D eigenvalue weighted by atomic mass is 9.91. The van der Waals surface area contributed by atoms with Crippen LogP contribution >= 0.6 is 0 Å². The molecule has 0 saturated carbocycles. The highest BCUT2D eigenvalue weighted by molar-refractivity contribution is 5.87. The average molecular weight is 282 g/mol. The molecular formula is C16H14N2O3. The number of furan rings is 1. The maximum absolute atomic E-state index is 11.4. The van der Waals surface area contributed by atoms with Crippen molar-refractivity contribution < 1.29 is 14.3 Å². The fourth-order valence-electron chi connectivity index (χ4n) is 3.10. The van der Waals surface area contributed by atoms with Crippen molar-refractivity contribution in [1.82, 2.24) is 10.3 Å². The molecule has 0 amide bonds. The van der Waals surface area contributed by atoms with Gasteiger partial charge in [0.05, 0.1) is 18.6 Å². The Morgan fingerprint density at radius 1 is 1.29 bits per heavy atom. The van der Waals surface area contributed by atoms with Crippen molar-refractivity contribution in [3.05, 3.63) is 59.7 Å². The molecule has 0 saturated heterocycles. The van der Waals surface area contributed by atoms with Crippen molar-refractivity contribution in [1.29, 1.82) is 0 Å². The van der Waals surface area contributed by atoms with Gasteiger partial charge in [0.25, 0.3) is 0 Å². The van der Waals surface area contributed by atoms with Gasteiger partial charge in [-0.15, -0.1) is 0 Å². The van der Waals surface area contributed by atoms with Gasteiger partial charge < -0.3 is 14.5 Å². The normalized spacial score (nSPS) is 21.3. The van der Waals surface area contributed by atoms with Crippen LogP contribution in [0.5, 0.6) is 0 Å². The number of benzene rings is 1. The summed E-state index contributed by atoms with van der Waals surface area (Å²) in [5.74, 6) is -0.834. The van der Waals surface area contributed by atoms with Gasteiger partial charge in [-0.3, -0.25) is 10.1 Å². The molecule has 1 aromatic carbocycles. The molecule has 0 aliphatic carbocycles. The zero-order chi connectivity index (χ0) is 14.4. The first-order valence-electron chi connectivity index (χ1n) is 6.84. The van der Waals surface area contributed by atoms with Gasteiger partial charge in [-0.1, -0.05) is 18.2 Å². The largest absolute Gasteiger partial charge is 0.480 e. The molecule has 3 heterocycles. The summed E-state index contributed by atoms with van der Waals surface area (Å²) in [6.07, 6.45) is 3.73. The molecule has 3 aromatic rings. The number of rotatable bonds is 2. The van der Waals surface area contributed by atoms with Gasteiger partial charge in [-0.05, 0) is 17.7 Å². The van der Waals surface area contributed by atoms with Gasteiger partial charge in [0.1, 0.15) is 6.04 Å². The van der Waals surface area contributed by atoms with Crippen molar-refractivity contribution in [3.8, 4) is 0 Å². The van der Waals surface area contributed by atoms with Gasteiger partial charge >= 0.3 is 5.97 Å². The topological polar surface area (TPSA) is 78.3 Å². The predicted molar refractivity (Wildman–Crippen MR) is 77.1 cm³/mol. The number of nitrogens with one attached hydrogen (secondary N) is 2. The Labute approximate surface area is 120 Å². The van der Waals surface area contributed by atoms with E-state index in [0.29, 0.717) is 6.42 Å². The van der Waals surface area contributed by atoms with Gasteiger partial charge in [0.15, 0.2) is 0 Å². The summed E-state index contributed by atoms with van der Waals surface area (Å²) in [6.45, 7) is 0. The second-order valence-corrected chi connectivity index (χ2v) is 5.31. The third-order valence-electron chi connectivity index (χ3n) is 4.09. The summed E-state index contributed by atoms with van der Waals surface area (Å²) < 4.78 is 5.15. The molecule has 4 rings (SSSR count). The first kappa shape index (κ1) is 12.2. The number of carboxylic acid groups (broad SMARTS) is 1. The van der Waals surface area contributed by atoms with Crippen LogP contribution in [0.25, 0.3) is 10.9 Å². The first-order valence-corrected chi connectivity index (χ1v) is 6.84. The summed E-state index contributed by atoms with van der Waals surface area (Å²) in [4.78, 5) is 14.9. The highest BCUT2D eigenvalue weighted by Gasteiger charge is 2.34.